The Morgan fingerprint density at radius 2 is 1.86 bits per heavy atom. The first kappa shape index (κ1) is 20.0. The molecule has 2 aliphatic heterocycles. The van der Waals surface area contributed by atoms with Gasteiger partial charge in [0.2, 0.25) is 5.95 Å². The summed E-state index contributed by atoms with van der Waals surface area (Å²) in [5.74, 6) is 0.794. The number of nitrogens with one attached hydrogen (secondary N) is 1. The molecule has 0 spiro atoms. The lowest BCUT2D eigenvalue weighted by atomic mass is 10.2. The van der Waals surface area contributed by atoms with Crippen LogP contribution in [-0.2, 0) is 12.2 Å². The predicted octanol–water partition coefficient (Wildman–Crippen LogP) is 1.54. The Balaban J connectivity index is 1.47. The van der Waals surface area contributed by atoms with E-state index in [4.69, 9.17) is 9.84 Å². The average Bonchev–Trinajstić information content (AvgIpc) is 2.72. The summed E-state index contributed by atoms with van der Waals surface area (Å²) in [7, 11) is 0. The first-order valence-corrected chi connectivity index (χ1v) is 10.6. The van der Waals surface area contributed by atoms with Gasteiger partial charge in [-0.15, -0.1) is 0 Å². The number of rotatable bonds is 5. The number of ether oxygens (including phenoxy) is 1. The molecule has 7 nitrogen and oxygen atoms in total. The summed E-state index contributed by atoms with van der Waals surface area (Å²) in [6.45, 7) is 1.49. The maximum atomic E-state index is 14.5. The number of aromatic nitrogens is 2. The second kappa shape index (κ2) is 8.58. The van der Waals surface area contributed by atoms with Gasteiger partial charge in [-0.1, -0.05) is 0 Å². The molecule has 0 radical (unpaired) electrons. The molecule has 2 aliphatic rings. The van der Waals surface area contributed by atoms with Crippen molar-refractivity contribution in [1.29, 1.82) is 0 Å². The topological polar surface area (TPSA) is 81.7 Å². The first-order valence-electron chi connectivity index (χ1n) is 9.49. The van der Waals surface area contributed by atoms with Gasteiger partial charge in [-0.2, -0.15) is 11.8 Å². The number of hydrogen-bond donors (Lipinski definition) is 2. The van der Waals surface area contributed by atoms with E-state index in [0.717, 1.165) is 35.6 Å². The van der Waals surface area contributed by atoms with Gasteiger partial charge in [-0.25, -0.2) is 13.8 Å². The molecule has 2 N–H and O–H groups in total. The van der Waals surface area contributed by atoms with Crippen molar-refractivity contribution in [3.63, 3.8) is 0 Å². The minimum absolute atomic E-state index is 0.0262. The van der Waals surface area contributed by atoms with Crippen molar-refractivity contribution >= 4 is 23.4 Å². The van der Waals surface area contributed by atoms with E-state index in [2.05, 4.69) is 9.97 Å². The molecule has 2 aromatic rings. The Bertz CT molecular complexity index is 925. The van der Waals surface area contributed by atoms with E-state index >= 15 is 0 Å². The summed E-state index contributed by atoms with van der Waals surface area (Å²) >= 11 is 1.73. The van der Waals surface area contributed by atoms with Crippen LogP contribution in [0.3, 0.4) is 0 Å². The Hall–Kier alpha value is -2.33. The molecule has 10 heteroatoms. The number of aromatic amines is 1. The molecular formula is C19H22F2N4O3S. The molecule has 0 unspecified atom stereocenters. The number of fused-ring (bicyclic) bond motifs is 1. The van der Waals surface area contributed by atoms with Crippen molar-refractivity contribution in [2.45, 2.75) is 12.2 Å². The number of aliphatic hydroxyl groups is 1. The summed E-state index contributed by atoms with van der Waals surface area (Å²) < 4.78 is 34.1. The highest BCUT2D eigenvalue weighted by Crippen LogP contribution is 2.29. The molecule has 0 saturated carbocycles. The largest absolute Gasteiger partial charge is 0.491 e. The number of nitrogens with zero attached hydrogens (tertiary/aromatic N) is 3. The monoisotopic (exact) mass is 424 g/mol. The number of aliphatic hydroxyl groups excluding tert-OH is 1. The third kappa shape index (κ3) is 4.18. The molecule has 3 heterocycles. The zero-order valence-corrected chi connectivity index (χ0v) is 16.6. The van der Waals surface area contributed by atoms with Crippen molar-refractivity contribution in [2.24, 2.45) is 0 Å². The number of thioether (sulfide) groups is 1. The van der Waals surface area contributed by atoms with Crippen LogP contribution in [0.4, 0.5) is 20.4 Å². The summed E-state index contributed by atoms with van der Waals surface area (Å²) in [6, 6.07) is 2.25. The minimum Gasteiger partial charge on any atom is -0.491 e. The van der Waals surface area contributed by atoms with E-state index in [1.165, 1.54) is 0 Å². The molecule has 156 valence electrons. The molecule has 29 heavy (non-hydrogen) atoms. The molecule has 1 aromatic heterocycles. The molecule has 0 bridgehead atoms. The normalized spacial score (nSPS) is 16.7. The first-order chi connectivity index (χ1) is 14.1. The lowest BCUT2D eigenvalue weighted by molar-refractivity contribution is 0.200. The second-order valence-electron chi connectivity index (χ2n) is 6.90. The van der Waals surface area contributed by atoms with Crippen molar-refractivity contribution in [3.05, 3.63) is 45.4 Å². The third-order valence-electron chi connectivity index (χ3n) is 5.06. The molecule has 0 aliphatic carbocycles. The molecule has 0 amide bonds. The highest BCUT2D eigenvalue weighted by Gasteiger charge is 2.25. The zero-order chi connectivity index (χ0) is 20.4. The number of aryl methyl sites for hydroxylation is 1. The second-order valence-corrected chi connectivity index (χ2v) is 8.00. The van der Waals surface area contributed by atoms with Crippen LogP contribution < -0.4 is 20.1 Å². The van der Waals surface area contributed by atoms with Crippen LogP contribution in [0.25, 0.3) is 0 Å². The Kier molecular flexibility index (Phi) is 5.91. The van der Waals surface area contributed by atoms with Crippen LogP contribution in [0.2, 0.25) is 0 Å². The van der Waals surface area contributed by atoms with Gasteiger partial charge >= 0.3 is 0 Å². The van der Waals surface area contributed by atoms with Gasteiger partial charge in [-0.3, -0.25) is 9.78 Å². The average molecular weight is 424 g/mol. The van der Waals surface area contributed by atoms with Gasteiger partial charge in [0.05, 0.1) is 12.3 Å². The van der Waals surface area contributed by atoms with Crippen LogP contribution in [0.1, 0.15) is 11.3 Å². The minimum atomic E-state index is -0.704. The van der Waals surface area contributed by atoms with Crippen LogP contribution in [-0.4, -0.2) is 60.2 Å². The van der Waals surface area contributed by atoms with E-state index in [1.807, 2.05) is 4.90 Å². The quantitative estimate of drug-likeness (QED) is 0.754. The molecular weight excluding hydrogens is 402 g/mol. The van der Waals surface area contributed by atoms with Crippen LogP contribution in [0.5, 0.6) is 5.75 Å². The Labute approximate surface area is 170 Å². The lowest BCUT2D eigenvalue weighted by Crippen LogP contribution is -2.48. The fraction of sp³-hybridized carbons (Fsp3) is 0.474. The maximum absolute atomic E-state index is 14.5. The van der Waals surface area contributed by atoms with E-state index in [-0.39, 0.29) is 30.2 Å². The fourth-order valence-corrected chi connectivity index (χ4v) is 4.60. The Morgan fingerprint density at radius 3 is 2.55 bits per heavy atom. The van der Waals surface area contributed by atoms with Gasteiger partial charge in [0.15, 0.2) is 11.6 Å². The predicted molar refractivity (Wildman–Crippen MR) is 108 cm³/mol. The van der Waals surface area contributed by atoms with Gasteiger partial charge in [0.1, 0.15) is 18.0 Å². The summed E-state index contributed by atoms with van der Waals surface area (Å²) in [5, 5.41) is 8.77. The van der Waals surface area contributed by atoms with Gasteiger partial charge < -0.3 is 19.6 Å². The Morgan fingerprint density at radius 1 is 1.17 bits per heavy atom. The number of anilines is 2. The van der Waals surface area contributed by atoms with Crippen LogP contribution in [0, 0.1) is 11.6 Å². The van der Waals surface area contributed by atoms with Crippen molar-refractivity contribution < 1.29 is 18.6 Å². The SMILES string of the molecule is O=c1[nH]c(N2CCN(c3c(F)cc(OCCO)cc3F)CC2)nc2c1CSCC2. The molecule has 4 rings (SSSR count). The third-order valence-corrected chi connectivity index (χ3v) is 6.05. The summed E-state index contributed by atoms with van der Waals surface area (Å²) in [6.07, 6.45) is 0.776. The molecule has 0 atom stereocenters. The van der Waals surface area contributed by atoms with E-state index in [1.54, 1.807) is 16.7 Å². The van der Waals surface area contributed by atoms with Gasteiger partial charge in [0.25, 0.3) is 5.56 Å². The number of halogens is 2. The van der Waals surface area contributed by atoms with Crippen LogP contribution in [0.15, 0.2) is 16.9 Å². The highest BCUT2D eigenvalue weighted by atomic mass is 32.2. The molecule has 1 aromatic carbocycles. The maximum Gasteiger partial charge on any atom is 0.256 e. The van der Waals surface area contributed by atoms with E-state index in [9.17, 15) is 13.6 Å². The van der Waals surface area contributed by atoms with E-state index in [0.29, 0.717) is 37.9 Å². The zero-order valence-electron chi connectivity index (χ0n) is 15.8. The fourth-order valence-electron chi connectivity index (χ4n) is 3.61. The summed E-state index contributed by atoms with van der Waals surface area (Å²) in [4.78, 5) is 23.4. The smallest absolute Gasteiger partial charge is 0.256 e. The number of benzene rings is 1. The highest BCUT2D eigenvalue weighted by molar-refractivity contribution is 7.98. The number of piperazine rings is 1. The van der Waals surface area contributed by atoms with Crippen molar-refractivity contribution in [2.75, 3.05) is 54.9 Å². The van der Waals surface area contributed by atoms with Crippen LogP contribution >= 0.6 is 11.8 Å². The van der Waals surface area contributed by atoms with Crippen molar-refractivity contribution in [1.82, 2.24) is 9.97 Å². The van der Waals surface area contributed by atoms with Crippen molar-refractivity contribution in [3.8, 4) is 5.75 Å². The lowest BCUT2D eigenvalue weighted by Gasteiger charge is -2.36. The molecule has 1 fully saturated rings. The standard InChI is InChI=1S/C19H22F2N4O3S/c20-14-9-12(28-7-6-26)10-15(21)17(14)24-2-4-25(5-3-24)19-22-16-1-8-29-11-13(16)18(27)23-19/h9-10,26H,1-8,11H2,(H,22,23,27). The number of hydrogen-bond acceptors (Lipinski definition) is 7. The van der Waals surface area contributed by atoms with Gasteiger partial charge in [0, 0.05) is 49.6 Å². The van der Waals surface area contributed by atoms with E-state index < -0.39 is 11.6 Å². The molecule has 1 saturated heterocycles. The number of H-pyrrole nitrogens is 1. The van der Waals surface area contributed by atoms with Gasteiger partial charge in [-0.05, 0) is 12.2 Å². The summed E-state index contributed by atoms with van der Waals surface area (Å²) in [5.41, 5.74) is 1.40.